The average Bonchev–Trinajstić information content (AvgIpc) is 3.15. The van der Waals surface area contributed by atoms with Crippen LogP contribution in [0, 0.1) is 13.8 Å². The van der Waals surface area contributed by atoms with Gasteiger partial charge in [-0.25, -0.2) is 13.2 Å². The number of hydrogen-bond acceptors (Lipinski definition) is 5. The lowest BCUT2D eigenvalue weighted by Gasteiger charge is -2.23. The van der Waals surface area contributed by atoms with Gasteiger partial charge in [0.25, 0.3) is 0 Å². The number of carboxylic acids is 1. The summed E-state index contributed by atoms with van der Waals surface area (Å²) in [6, 6.07) is 0.230. The van der Waals surface area contributed by atoms with Gasteiger partial charge in [0.1, 0.15) is 22.0 Å². The lowest BCUT2D eigenvalue weighted by atomic mass is 10.2. The second kappa shape index (κ2) is 5.92. The third-order valence-corrected chi connectivity index (χ3v) is 6.82. The molecule has 2 fully saturated rings. The van der Waals surface area contributed by atoms with Crippen LogP contribution in [0.3, 0.4) is 0 Å². The molecule has 2 aliphatic heterocycles. The monoisotopic (exact) mass is 342 g/mol. The van der Waals surface area contributed by atoms with E-state index in [-0.39, 0.29) is 28.0 Å². The van der Waals surface area contributed by atoms with Crippen molar-refractivity contribution in [2.45, 2.75) is 44.0 Å². The molecule has 0 amide bonds. The normalized spacial score (nSPS) is 23.7. The van der Waals surface area contributed by atoms with Gasteiger partial charge in [-0.05, 0) is 46.2 Å². The quantitative estimate of drug-likeness (QED) is 0.891. The second-order valence-electron chi connectivity index (χ2n) is 6.27. The Morgan fingerprint density at radius 2 is 1.83 bits per heavy atom. The van der Waals surface area contributed by atoms with Crippen molar-refractivity contribution in [1.82, 2.24) is 9.21 Å². The van der Waals surface area contributed by atoms with Crippen molar-refractivity contribution < 1.29 is 22.7 Å². The molecule has 2 aliphatic rings. The van der Waals surface area contributed by atoms with E-state index in [9.17, 15) is 18.3 Å². The fourth-order valence-electron chi connectivity index (χ4n) is 3.68. The lowest BCUT2D eigenvalue weighted by Crippen LogP contribution is -2.37. The highest BCUT2D eigenvalue weighted by Gasteiger charge is 2.40. The van der Waals surface area contributed by atoms with Gasteiger partial charge in [-0.15, -0.1) is 0 Å². The standard InChI is InChI=1S/C15H22N2O5S/c1-10-13(15(18)19)14(11(2)22-10)23(20,21)17-8-5-12(9-17)16-6-3-4-7-16/h12H,3-9H2,1-2H3,(H,18,19). The molecule has 3 heterocycles. The molecule has 0 bridgehead atoms. The van der Waals surface area contributed by atoms with E-state index in [4.69, 9.17) is 4.42 Å². The van der Waals surface area contributed by atoms with Gasteiger partial charge in [-0.3, -0.25) is 4.90 Å². The predicted octanol–water partition coefficient (Wildman–Crippen LogP) is 1.45. The molecule has 1 aromatic rings. The fraction of sp³-hybridized carbons (Fsp3) is 0.667. The maximum atomic E-state index is 12.9. The number of likely N-dealkylation sites (tertiary alicyclic amines) is 1. The van der Waals surface area contributed by atoms with Gasteiger partial charge < -0.3 is 9.52 Å². The molecule has 2 saturated heterocycles. The first-order valence-electron chi connectivity index (χ1n) is 7.90. The van der Waals surface area contributed by atoms with E-state index < -0.39 is 16.0 Å². The molecule has 0 aromatic carbocycles. The first-order valence-corrected chi connectivity index (χ1v) is 9.34. The summed E-state index contributed by atoms with van der Waals surface area (Å²) in [6.45, 7) is 5.86. The molecule has 8 heteroatoms. The predicted molar refractivity (Wildman–Crippen MR) is 83.1 cm³/mol. The van der Waals surface area contributed by atoms with Gasteiger partial charge in [0.2, 0.25) is 10.0 Å². The Kier molecular flexibility index (Phi) is 4.24. The third-order valence-electron chi connectivity index (χ3n) is 4.80. The zero-order valence-corrected chi connectivity index (χ0v) is 14.2. The van der Waals surface area contributed by atoms with Crippen molar-refractivity contribution in [2.75, 3.05) is 26.2 Å². The van der Waals surface area contributed by atoms with E-state index in [0.717, 1.165) is 32.4 Å². The van der Waals surface area contributed by atoms with Crippen LogP contribution in [0.1, 0.15) is 41.1 Å². The molecule has 0 radical (unpaired) electrons. The van der Waals surface area contributed by atoms with Crippen LogP contribution < -0.4 is 0 Å². The van der Waals surface area contributed by atoms with Crippen LogP contribution >= 0.6 is 0 Å². The van der Waals surface area contributed by atoms with Crippen LogP contribution in [0.2, 0.25) is 0 Å². The minimum Gasteiger partial charge on any atom is -0.478 e. The van der Waals surface area contributed by atoms with E-state index in [1.165, 1.54) is 18.2 Å². The first kappa shape index (κ1) is 16.5. The van der Waals surface area contributed by atoms with E-state index in [2.05, 4.69) is 4.90 Å². The van der Waals surface area contributed by atoms with E-state index in [0.29, 0.717) is 13.1 Å². The number of furan rings is 1. The Morgan fingerprint density at radius 3 is 2.43 bits per heavy atom. The number of rotatable bonds is 4. The number of aryl methyl sites for hydroxylation is 2. The van der Waals surface area contributed by atoms with Gasteiger partial charge in [0.15, 0.2) is 0 Å². The van der Waals surface area contributed by atoms with Crippen molar-refractivity contribution in [3.63, 3.8) is 0 Å². The maximum absolute atomic E-state index is 12.9. The number of carbonyl (C=O) groups is 1. The molecule has 23 heavy (non-hydrogen) atoms. The smallest absolute Gasteiger partial charge is 0.340 e. The molecular formula is C15H22N2O5S. The van der Waals surface area contributed by atoms with Crippen LogP contribution in [0.5, 0.6) is 0 Å². The number of nitrogens with zero attached hydrogens (tertiary/aromatic N) is 2. The average molecular weight is 342 g/mol. The molecular weight excluding hydrogens is 320 g/mol. The van der Waals surface area contributed by atoms with Crippen molar-refractivity contribution in [1.29, 1.82) is 0 Å². The van der Waals surface area contributed by atoms with Gasteiger partial charge in [0, 0.05) is 19.1 Å². The summed E-state index contributed by atoms with van der Waals surface area (Å²) in [5.74, 6) is -0.999. The number of sulfonamides is 1. The molecule has 0 aliphatic carbocycles. The summed E-state index contributed by atoms with van der Waals surface area (Å²) in [7, 11) is -3.85. The number of carboxylic acid groups (broad SMARTS) is 1. The van der Waals surface area contributed by atoms with Crippen LogP contribution in [0.25, 0.3) is 0 Å². The summed E-state index contributed by atoms with van der Waals surface area (Å²) < 4.78 is 32.6. The fourth-order valence-corrected chi connectivity index (χ4v) is 5.55. The van der Waals surface area contributed by atoms with Gasteiger partial charge in [-0.1, -0.05) is 0 Å². The van der Waals surface area contributed by atoms with Crippen LogP contribution in [-0.2, 0) is 10.0 Å². The molecule has 1 aromatic heterocycles. The lowest BCUT2D eigenvalue weighted by molar-refractivity contribution is 0.0691. The highest BCUT2D eigenvalue weighted by Crippen LogP contribution is 2.32. The Balaban J connectivity index is 1.90. The summed E-state index contributed by atoms with van der Waals surface area (Å²) in [5.41, 5.74) is -0.243. The molecule has 128 valence electrons. The Hall–Kier alpha value is -1.38. The highest BCUT2D eigenvalue weighted by atomic mass is 32.2. The highest BCUT2D eigenvalue weighted by molar-refractivity contribution is 7.89. The van der Waals surface area contributed by atoms with E-state index in [1.807, 2.05) is 0 Å². The SMILES string of the molecule is Cc1oc(C)c(S(=O)(=O)N2CCC(N3CCCC3)C2)c1C(=O)O. The van der Waals surface area contributed by atoms with Gasteiger partial charge in [-0.2, -0.15) is 4.31 Å². The van der Waals surface area contributed by atoms with Crippen LogP contribution in [-0.4, -0.2) is 60.9 Å². The number of hydrogen-bond donors (Lipinski definition) is 1. The molecule has 1 unspecified atom stereocenters. The third kappa shape index (κ3) is 2.79. The van der Waals surface area contributed by atoms with Gasteiger partial charge >= 0.3 is 5.97 Å². The topological polar surface area (TPSA) is 91.1 Å². The van der Waals surface area contributed by atoms with Crippen molar-refractivity contribution >= 4 is 16.0 Å². The Bertz CT molecular complexity index is 718. The molecule has 1 N–H and O–H groups in total. The summed E-state index contributed by atoms with van der Waals surface area (Å²) in [6.07, 6.45) is 3.11. The van der Waals surface area contributed by atoms with Crippen molar-refractivity contribution in [2.24, 2.45) is 0 Å². The van der Waals surface area contributed by atoms with E-state index >= 15 is 0 Å². The van der Waals surface area contributed by atoms with Gasteiger partial charge in [0.05, 0.1) is 0 Å². The molecule has 1 atom stereocenters. The Morgan fingerprint density at radius 1 is 1.17 bits per heavy atom. The molecule has 0 spiro atoms. The molecule has 0 saturated carbocycles. The zero-order valence-electron chi connectivity index (χ0n) is 13.4. The summed E-state index contributed by atoms with van der Waals surface area (Å²) in [4.78, 5) is 13.6. The Labute approximate surface area is 135 Å². The first-order chi connectivity index (χ1) is 10.8. The second-order valence-corrected chi connectivity index (χ2v) is 8.15. The minimum absolute atomic E-state index is 0.129. The zero-order chi connectivity index (χ0) is 16.8. The minimum atomic E-state index is -3.85. The molecule has 3 rings (SSSR count). The van der Waals surface area contributed by atoms with Crippen LogP contribution in [0.15, 0.2) is 9.31 Å². The van der Waals surface area contributed by atoms with Crippen molar-refractivity contribution in [3.8, 4) is 0 Å². The van der Waals surface area contributed by atoms with Crippen molar-refractivity contribution in [3.05, 3.63) is 17.1 Å². The summed E-state index contributed by atoms with van der Waals surface area (Å²) in [5, 5.41) is 9.34. The maximum Gasteiger partial charge on any atom is 0.340 e. The summed E-state index contributed by atoms with van der Waals surface area (Å²) >= 11 is 0. The molecule has 7 nitrogen and oxygen atoms in total. The van der Waals surface area contributed by atoms with E-state index in [1.54, 1.807) is 0 Å². The largest absolute Gasteiger partial charge is 0.478 e. The van der Waals surface area contributed by atoms with Crippen LogP contribution in [0.4, 0.5) is 0 Å². The number of aromatic carboxylic acids is 1.